The van der Waals surface area contributed by atoms with Crippen LogP contribution in [0.1, 0.15) is 55.6 Å². The highest BCUT2D eigenvalue weighted by molar-refractivity contribution is 5.80. The van der Waals surface area contributed by atoms with Crippen molar-refractivity contribution in [2.45, 2.75) is 50.5 Å². The third kappa shape index (κ3) is 4.90. The highest BCUT2D eigenvalue weighted by Gasteiger charge is 2.35. The summed E-state index contributed by atoms with van der Waals surface area (Å²) >= 11 is 0. The van der Waals surface area contributed by atoms with Gasteiger partial charge in [-0.3, -0.25) is 9.59 Å². The average molecular weight is 477 g/mol. The minimum Gasteiger partial charge on any atom is -0.481 e. The molecule has 2 aromatic rings. The lowest BCUT2D eigenvalue weighted by molar-refractivity contribution is -0.143. The molecule has 0 aliphatic heterocycles. The third-order valence-electron chi connectivity index (χ3n) is 7.98. The Morgan fingerprint density at radius 1 is 0.914 bits per heavy atom. The van der Waals surface area contributed by atoms with E-state index in [2.05, 4.69) is 34.9 Å². The number of carbonyl (C=O) groups excluding carboxylic acids is 2. The maximum atomic E-state index is 12.6. The predicted octanol–water partition coefficient (Wildman–Crippen LogP) is 4.31. The molecule has 5 rings (SSSR count). The summed E-state index contributed by atoms with van der Waals surface area (Å²) in [4.78, 5) is 36.6. The molecular weight excluding hydrogens is 444 g/mol. The third-order valence-corrected chi connectivity index (χ3v) is 7.98. The molecule has 2 saturated carbocycles. The van der Waals surface area contributed by atoms with Gasteiger partial charge in [-0.15, -0.1) is 0 Å². The summed E-state index contributed by atoms with van der Waals surface area (Å²) < 4.78 is 5.64. The number of carboxylic acids is 1. The summed E-state index contributed by atoms with van der Waals surface area (Å²) in [6.07, 6.45) is 3.97. The van der Waals surface area contributed by atoms with Gasteiger partial charge in [0.05, 0.1) is 5.92 Å². The van der Waals surface area contributed by atoms with E-state index in [1.165, 1.54) is 22.3 Å². The Hall–Kier alpha value is -3.35. The van der Waals surface area contributed by atoms with E-state index < -0.39 is 12.1 Å². The van der Waals surface area contributed by atoms with Crippen molar-refractivity contribution in [3.05, 3.63) is 59.7 Å². The number of hydrogen-bond donors (Lipinski definition) is 3. The van der Waals surface area contributed by atoms with E-state index >= 15 is 0 Å². The van der Waals surface area contributed by atoms with E-state index in [1.54, 1.807) is 0 Å². The fourth-order valence-corrected chi connectivity index (χ4v) is 6.14. The number of fused-ring (bicyclic) bond motifs is 3. The molecule has 7 heteroatoms. The highest BCUT2D eigenvalue weighted by atomic mass is 16.5. The topological polar surface area (TPSA) is 105 Å². The van der Waals surface area contributed by atoms with Crippen LogP contribution >= 0.6 is 0 Å². The maximum absolute atomic E-state index is 12.6. The van der Waals surface area contributed by atoms with E-state index in [0.717, 1.165) is 19.3 Å². The first kappa shape index (κ1) is 23.4. The second-order valence-corrected chi connectivity index (χ2v) is 10.1. The SMILES string of the molecule is O=C(N[C@H]1CC[C@@H](C(=O)NCC2CCCC2C(=O)O)C1)OCC1c2ccccc2-c2ccccc21. The highest BCUT2D eigenvalue weighted by Crippen LogP contribution is 2.44. The minimum absolute atomic E-state index is 0.00704. The zero-order valence-corrected chi connectivity index (χ0v) is 19.7. The van der Waals surface area contributed by atoms with Crippen LogP contribution in [0.25, 0.3) is 11.1 Å². The first-order chi connectivity index (χ1) is 17.0. The zero-order chi connectivity index (χ0) is 24.4. The van der Waals surface area contributed by atoms with Crippen LogP contribution in [0.3, 0.4) is 0 Å². The number of aliphatic carboxylic acids is 1. The normalized spacial score (nSPS) is 25.0. The number of hydrogen-bond acceptors (Lipinski definition) is 4. The molecule has 3 aliphatic rings. The summed E-state index contributed by atoms with van der Waals surface area (Å²) in [6, 6.07) is 16.4. The van der Waals surface area contributed by atoms with Crippen LogP contribution in [0.2, 0.25) is 0 Å². The summed E-state index contributed by atoms with van der Waals surface area (Å²) in [5.41, 5.74) is 4.72. The molecule has 0 bridgehead atoms. The molecule has 2 aromatic carbocycles. The molecule has 184 valence electrons. The van der Waals surface area contributed by atoms with Crippen molar-refractivity contribution in [3.8, 4) is 11.1 Å². The summed E-state index contributed by atoms with van der Waals surface area (Å²) in [7, 11) is 0. The Labute approximate surface area is 205 Å². The number of nitrogens with one attached hydrogen (secondary N) is 2. The molecule has 35 heavy (non-hydrogen) atoms. The Bertz CT molecular complexity index is 1070. The van der Waals surface area contributed by atoms with Gasteiger partial charge in [-0.2, -0.15) is 0 Å². The summed E-state index contributed by atoms with van der Waals surface area (Å²) in [5.74, 6) is -1.32. The van der Waals surface area contributed by atoms with Gasteiger partial charge in [0.15, 0.2) is 0 Å². The molecule has 0 heterocycles. The van der Waals surface area contributed by atoms with Crippen LogP contribution in [-0.4, -0.2) is 42.3 Å². The smallest absolute Gasteiger partial charge is 0.407 e. The molecule has 2 unspecified atom stereocenters. The molecular formula is C28H32N2O5. The largest absolute Gasteiger partial charge is 0.481 e. The van der Waals surface area contributed by atoms with Crippen LogP contribution in [0.5, 0.6) is 0 Å². The molecule has 7 nitrogen and oxygen atoms in total. The van der Waals surface area contributed by atoms with Crippen LogP contribution in [-0.2, 0) is 14.3 Å². The molecule has 0 radical (unpaired) electrons. The quantitative estimate of drug-likeness (QED) is 0.552. The Kier molecular flexibility index (Phi) is 6.75. The van der Waals surface area contributed by atoms with E-state index in [9.17, 15) is 19.5 Å². The number of rotatable bonds is 7. The molecule has 2 fully saturated rings. The number of carbonyl (C=O) groups is 3. The fourth-order valence-electron chi connectivity index (χ4n) is 6.14. The number of benzene rings is 2. The van der Waals surface area contributed by atoms with Crippen molar-refractivity contribution in [1.29, 1.82) is 0 Å². The number of alkyl carbamates (subject to hydrolysis) is 1. The van der Waals surface area contributed by atoms with Crippen molar-refractivity contribution in [3.63, 3.8) is 0 Å². The minimum atomic E-state index is -0.769. The predicted molar refractivity (Wildman–Crippen MR) is 131 cm³/mol. The molecule has 3 aliphatic carbocycles. The van der Waals surface area contributed by atoms with Gasteiger partial charge in [0.1, 0.15) is 6.61 Å². The van der Waals surface area contributed by atoms with Gasteiger partial charge in [-0.1, -0.05) is 55.0 Å². The standard InChI is InChI=1S/C28H32N2O5/c31-26(29-15-18-6-5-11-20(18)27(32)33)17-12-13-19(14-17)30-28(34)35-16-25-23-9-3-1-7-21(23)22-8-2-4-10-24(22)25/h1-4,7-10,17-20,25H,5-6,11-16H2,(H,29,31)(H,30,34)(H,32,33)/t17-,18?,19+,20?/m1/s1. The van der Waals surface area contributed by atoms with Crippen LogP contribution in [0.4, 0.5) is 4.79 Å². The fraction of sp³-hybridized carbons (Fsp3) is 0.464. The van der Waals surface area contributed by atoms with E-state index in [4.69, 9.17) is 4.74 Å². The van der Waals surface area contributed by atoms with Crippen LogP contribution in [0, 0.1) is 17.8 Å². The van der Waals surface area contributed by atoms with Crippen molar-refractivity contribution >= 4 is 18.0 Å². The van der Waals surface area contributed by atoms with Gasteiger partial charge in [-0.05, 0) is 60.3 Å². The van der Waals surface area contributed by atoms with E-state index in [0.29, 0.717) is 25.8 Å². The second-order valence-electron chi connectivity index (χ2n) is 10.1. The number of ether oxygens (including phenoxy) is 1. The Morgan fingerprint density at radius 2 is 1.60 bits per heavy atom. The maximum Gasteiger partial charge on any atom is 0.407 e. The van der Waals surface area contributed by atoms with Crippen molar-refractivity contribution in [2.75, 3.05) is 13.2 Å². The van der Waals surface area contributed by atoms with Crippen molar-refractivity contribution < 1.29 is 24.2 Å². The Morgan fingerprint density at radius 3 is 2.29 bits per heavy atom. The van der Waals surface area contributed by atoms with Gasteiger partial charge in [-0.25, -0.2) is 4.79 Å². The lowest BCUT2D eigenvalue weighted by atomic mass is 9.96. The van der Waals surface area contributed by atoms with E-state index in [1.807, 2.05) is 24.3 Å². The molecule has 0 saturated heterocycles. The van der Waals surface area contributed by atoms with E-state index in [-0.39, 0.29) is 42.2 Å². The summed E-state index contributed by atoms with van der Waals surface area (Å²) in [5, 5.41) is 15.2. The molecule has 0 aromatic heterocycles. The lowest BCUT2D eigenvalue weighted by Gasteiger charge is -2.19. The zero-order valence-electron chi connectivity index (χ0n) is 19.7. The van der Waals surface area contributed by atoms with Gasteiger partial charge >= 0.3 is 12.1 Å². The monoisotopic (exact) mass is 476 g/mol. The van der Waals surface area contributed by atoms with Crippen LogP contribution < -0.4 is 10.6 Å². The number of amides is 2. The first-order valence-corrected chi connectivity index (χ1v) is 12.6. The van der Waals surface area contributed by atoms with Gasteiger partial charge in [0.2, 0.25) is 5.91 Å². The first-order valence-electron chi connectivity index (χ1n) is 12.6. The van der Waals surface area contributed by atoms with Crippen LogP contribution in [0.15, 0.2) is 48.5 Å². The molecule has 3 N–H and O–H groups in total. The Balaban J connectivity index is 1.09. The van der Waals surface area contributed by atoms with Crippen molar-refractivity contribution in [2.24, 2.45) is 17.8 Å². The molecule has 4 atom stereocenters. The average Bonchev–Trinajstić information content (AvgIpc) is 3.59. The van der Waals surface area contributed by atoms with Gasteiger partial charge in [0.25, 0.3) is 0 Å². The number of carboxylic acid groups (broad SMARTS) is 1. The molecule has 2 amide bonds. The van der Waals surface area contributed by atoms with Gasteiger partial charge in [0, 0.05) is 24.4 Å². The van der Waals surface area contributed by atoms with Crippen molar-refractivity contribution in [1.82, 2.24) is 10.6 Å². The molecule has 0 spiro atoms. The lowest BCUT2D eigenvalue weighted by Crippen LogP contribution is -2.37. The summed E-state index contributed by atoms with van der Waals surface area (Å²) in [6.45, 7) is 0.680. The van der Waals surface area contributed by atoms with Gasteiger partial charge < -0.3 is 20.5 Å². The second kappa shape index (κ2) is 10.1.